The first kappa shape index (κ1) is 10.4. The first-order valence-corrected chi connectivity index (χ1v) is 4.09. The van der Waals surface area contributed by atoms with Crippen molar-refractivity contribution in [2.45, 2.75) is 20.3 Å². The zero-order chi connectivity index (χ0) is 8.85. The molecule has 0 aliphatic heterocycles. The molecule has 0 fully saturated rings. The number of rotatable bonds is 3. The number of hydrogen-bond acceptors (Lipinski definition) is 2. The molecule has 0 N–H and O–H groups in total. The highest BCUT2D eigenvalue weighted by Gasteiger charge is 2.11. The molecular formula is C7H10BrNO2. The molecule has 0 saturated carbocycles. The second-order valence-corrected chi connectivity index (χ2v) is 2.75. The molecule has 0 spiro atoms. The van der Waals surface area contributed by atoms with Gasteiger partial charge in [-0.15, -0.1) is 0 Å². The minimum Gasteiger partial charge on any atom is -0.258 e. The van der Waals surface area contributed by atoms with Crippen LogP contribution in [0.5, 0.6) is 0 Å². The van der Waals surface area contributed by atoms with Gasteiger partial charge in [0.25, 0.3) is 5.70 Å². The molecule has 0 aromatic rings. The zero-order valence-corrected chi connectivity index (χ0v) is 8.09. The van der Waals surface area contributed by atoms with E-state index in [4.69, 9.17) is 0 Å². The van der Waals surface area contributed by atoms with Crippen molar-refractivity contribution in [3.63, 3.8) is 0 Å². The van der Waals surface area contributed by atoms with Crippen LogP contribution in [0.1, 0.15) is 20.3 Å². The number of nitrogens with zero attached hydrogens (tertiary/aromatic N) is 1. The van der Waals surface area contributed by atoms with Crippen LogP contribution in [0.4, 0.5) is 0 Å². The Hall–Kier alpha value is -0.640. The highest BCUT2D eigenvalue weighted by molar-refractivity contribution is 9.11. The van der Waals surface area contributed by atoms with Gasteiger partial charge in [0.2, 0.25) is 0 Å². The molecular weight excluding hydrogens is 210 g/mol. The maximum absolute atomic E-state index is 10.4. The summed E-state index contributed by atoms with van der Waals surface area (Å²) in [5, 5.41) is 10.4. The number of halogens is 1. The lowest BCUT2D eigenvalue weighted by molar-refractivity contribution is -0.419. The minimum absolute atomic E-state index is 0.134. The molecule has 0 aliphatic rings. The summed E-state index contributed by atoms with van der Waals surface area (Å²) in [7, 11) is 0. The van der Waals surface area contributed by atoms with Gasteiger partial charge in [-0.25, -0.2) is 0 Å². The van der Waals surface area contributed by atoms with Gasteiger partial charge >= 0.3 is 0 Å². The van der Waals surface area contributed by atoms with Crippen LogP contribution in [0.2, 0.25) is 0 Å². The third-order valence-corrected chi connectivity index (χ3v) is 1.96. The second kappa shape index (κ2) is 5.07. The summed E-state index contributed by atoms with van der Waals surface area (Å²) in [5.74, 6) is 0. The lowest BCUT2D eigenvalue weighted by Crippen LogP contribution is -1.97. The summed E-state index contributed by atoms with van der Waals surface area (Å²) in [4.78, 5) is 9.96. The van der Waals surface area contributed by atoms with Crippen LogP contribution in [-0.4, -0.2) is 4.92 Å². The molecule has 0 heterocycles. The average molecular weight is 220 g/mol. The normalized spacial score (nSPS) is 13.4. The number of hydrogen-bond donors (Lipinski definition) is 0. The molecule has 4 heteroatoms. The quantitative estimate of drug-likeness (QED) is 0.417. The van der Waals surface area contributed by atoms with E-state index in [1.165, 1.54) is 0 Å². The SMILES string of the molecule is C/C=C(Br)\C(=C/CC)[N+](=O)[O-]. The predicted molar refractivity (Wildman–Crippen MR) is 48.1 cm³/mol. The van der Waals surface area contributed by atoms with Crippen LogP contribution < -0.4 is 0 Å². The molecule has 3 nitrogen and oxygen atoms in total. The van der Waals surface area contributed by atoms with Gasteiger partial charge in [0.1, 0.15) is 0 Å². The van der Waals surface area contributed by atoms with Gasteiger partial charge in [0.05, 0.1) is 9.41 Å². The van der Waals surface area contributed by atoms with Crippen LogP contribution in [0, 0.1) is 10.1 Å². The summed E-state index contributed by atoms with van der Waals surface area (Å²) in [6.45, 7) is 3.61. The van der Waals surface area contributed by atoms with Gasteiger partial charge in [-0.1, -0.05) is 13.0 Å². The van der Waals surface area contributed by atoms with Crippen molar-refractivity contribution in [2.24, 2.45) is 0 Å². The van der Waals surface area contributed by atoms with E-state index in [-0.39, 0.29) is 5.70 Å². The Kier molecular flexibility index (Phi) is 4.77. The van der Waals surface area contributed by atoms with E-state index in [0.717, 1.165) is 0 Å². The molecule has 0 aliphatic carbocycles. The molecule has 0 amide bonds. The van der Waals surface area contributed by atoms with Crippen molar-refractivity contribution in [3.05, 3.63) is 32.4 Å². The first-order chi connectivity index (χ1) is 5.13. The average Bonchev–Trinajstić information content (AvgIpc) is 1.98. The van der Waals surface area contributed by atoms with E-state index in [0.29, 0.717) is 10.9 Å². The minimum atomic E-state index is -0.395. The van der Waals surface area contributed by atoms with Crippen LogP contribution in [0.25, 0.3) is 0 Å². The van der Waals surface area contributed by atoms with Crippen molar-refractivity contribution in [1.29, 1.82) is 0 Å². The lowest BCUT2D eigenvalue weighted by atomic mass is 10.3. The molecule has 62 valence electrons. The van der Waals surface area contributed by atoms with Gasteiger partial charge in [0.15, 0.2) is 0 Å². The smallest absolute Gasteiger partial charge is 0.258 e. The van der Waals surface area contributed by atoms with E-state index < -0.39 is 4.92 Å². The first-order valence-electron chi connectivity index (χ1n) is 3.30. The molecule has 0 radical (unpaired) electrons. The van der Waals surface area contributed by atoms with Gasteiger partial charge in [-0.05, 0) is 35.4 Å². The monoisotopic (exact) mass is 219 g/mol. The largest absolute Gasteiger partial charge is 0.279 e. The van der Waals surface area contributed by atoms with Crippen LogP contribution >= 0.6 is 15.9 Å². The van der Waals surface area contributed by atoms with Crippen molar-refractivity contribution < 1.29 is 4.92 Å². The number of nitro groups is 1. The fourth-order valence-electron chi connectivity index (χ4n) is 0.600. The van der Waals surface area contributed by atoms with Crippen molar-refractivity contribution in [3.8, 4) is 0 Å². The van der Waals surface area contributed by atoms with Crippen molar-refractivity contribution >= 4 is 15.9 Å². The Morgan fingerprint density at radius 3 is 2.55 bits per heavy atom. The molecule has 0 bridgehead atoms. The van der Waals surface area contributed by atoms with Gasteiger partial charge < -0.3 is 0 Å². The van der Waals surface area contributed by atoms with Gasteiger partial charge in [0, 0.05) is 0 Å². The van der Waals surface area contributed by atoms with Gasteiger partial charge in [-0.3, -0.25) is 10.1 Å². The Morgan fingerprint density at radius 2 is 2.27 bits per heavy atom. The molecule has 0 saturated heterocycles. The maximum Gasteiger partial charge on any atom is 0.279 e. The summed E-state index contributed by atoms with van der Waals surface area (Å²) >= 11 is 3.10. The third kappa shape index (κ3) is 3.32. The highest BCUT2D eigenvalue weighted by atomic mass is 79.9. The Bertz CT molecular complexity index is 208. The molecule has 0 aromatic carbocycles. The molecule has 0 rings (SSSR count). The van der Waals surface area contributed by atoms with E-state index in [1.54, 1.807) is 19.1 Å². The van der Waals surface area contributed by atoms with Crippen LogP contribution in [0.15, 0.2) is 22.3 Å². The second-order valence-electron chi connectivity index (χ2n) is 1.89. The third-order valence-electron chi connectivity index (χ3n) is 1.09. The van der Waals surface area contributed by atoms with Crippen molar-refractivity contribution in [1.82, 2.24) is 0 Å². The Labute approximate surface area is 74.1 Å². The maximum atomic E-state index is 10.4. The molecule has 0 atom stereocenters. The summed E-state index contributed by atoms with van der Waals surface area (Å²) < 4.78 is 0.532. The summed E-state index contributed by atoms with van der Waals surface area (Å²) in [6.07, 6.45) is 3.90. The Morgan fingerprint density at radius 1 is 1.73 bits per heavy atom. The van der Waals surface area contributed by atoms with E-state index in [9.17, 15) is 10.1 Å². The lowest BCUT2D eigenvalue weighted by Gasteiger charge is -1.93. The fraction of sp³-hybridized carbons (Fsp3) is 0.429. The standard InChI is InChI=1S/C7H10BrNO2/c1-3-5-7(9(10)11)6(8)4-2/h4-5H,3H2,1-2H3/b6-4+,7-5+. The van der Waals surface area contributed by atoms with Crippen LogP contribution in [0.3, 0.4) is 0 Å². The number of allylic oxidation sites excluding steroid dienone is 3. The fourth-order valence-corrected chi connectivity index (χ4v) is 0.907. The molecule has 11 heavy (non-hydrogen) atoms. The molecule has 0 aromatic heterocycles. The summed E-state index contributed by atoms with van der Waals surface area (Å²) in [5.41, 5.74) is 0.134. The van der Waals surface area contributed by atoms with Crippen LogP contribution in [-0.2, 0) is 0 Å². The molecule has 0 unspecified atom stereocenters. The van der Waals surface area contributed by atoms with E-state index in [1.807, 2.05) is 6.92 Å². The topological polar surface area (TPSA) is 43.1 Å². The predicted octanol–water partition coefficient (Wildman–Crippen LogP) is 2.86. The highest BCUT2D eigenvalue weighted by Crippen LogP contribution is 2.17. The van der Waals surface area contributed by atoms with Gasteiger partial charge in [-0.2, -0.15) is 0 Å². The van der Waals surface area contributed by atoms with Crippen molar-refractivity contribution in [2.75, 3.05) is 0 Å². The zero-order valence-electron chi connectivity index (χ0n) is 6.50. The summed E-state index contributed by atoms with van der Waals surface area (Å²) in [6, 6.07) is 0. The van der Waals surface area contributed by atoms with E-state index in [2.05, 4.69) is 15.9 Å². The Balaban J connectivity index is 4.62. The van der Waals surface area contributed by atoms with E-state index >= 15 is 0 Å².